The van der Waals surface area contributed by atoms with Crippen molar-refractivity contribution in [3.05, 3.63) is 41.5 Å². The molecule has 1 aromatic carbocycles. The van der Waals surface area contributed by atoms with E-state index in [0.29, 0.717) is 31.5 Å². The van der Waals surface area contributed by atoms with Crippen molar-refractivity contribution >= 4 is 18.0 Å². The summed E-state index contributed by atoms with van der Waals surface area (Å²) in [6, 6.07) is 6.90. The summed E-state index contributed by atoms with van der Waals surface area (Å²) < 4.78 is 15.9. The molecule has 0 radical (unpaired) electrons. The number of aliphatic hydroxyl groups is 1. The van der Waals surface area contributed by atoms with Gasteiger partial charge in [-0.1, -0.05) is 12.1 Å². The fourth-order valence-electron chi connectivity index (χ4n) is 5.13. The summed E-state index contributed by atoms with van der Waals surface area (Å²) in [6.07, 6.45) is 1.79. The monoisotopic (exact) mass is 502 g/mol. The van der Waals surface area contributed by atoms with E-state index in [2.05, 4.69) is 5.32 Å². The average molecular weight is 503 g/mol. The van der Waals surface area contributed by atoms with Crippen molar-refractivity contribution < 1.29 is 33.7 Å². The molecule has 3 rings (SSSR count). The van der Waals surface area contributed by atoms with Gasteiger partial charge in [0.1, 0.15) is 11.4 Å². The number of amides is 2. The van der Waals surface area contributed by atoms with Gasteiger partial charge in [0.25, 0.3) is 0 Å². The molecule has 0 spiro atoms. The van der Waals surface area contributed by atoms with E-state index in [1.807, 2.05) is 24.3 Å². The molecule has 9 nitrogen and oxygen atoms in total. The fourth-order valence-corrected chi connectivity index (χ4v) is 5.13. The molecule has 9 heteroatoms. The molecule has 36 heavy (non-hydrogen) atoms. The van der Waals surface area contributed by atoms with Crippen LogP contribution in [-0.4, -0.2) is 66.5 Å². The minimum absolute atomic E-state index is 0.145. The smallest absolute Gasteiger partial charge is 0.410 e. The highest BCUT2D eigenvalue weighted by Crippen LogP contribution is 2.46. The Hall–Kier alpha value is -3.07. The molecule has 2 amide bonds. The first-order valence-electron chi connectivity index (χ1n) is 12.5. The molecule has 0 unspecified atom stereocenters. The molecule has 0 aromatic heterocycles. The van der Waals surface area contributed by atoms with Gasteiger partial charge in [0.05, 0.1) is 19.8 Å². The molecule has 2 fully saturated rings. The molecule has 2 bridgehead atoms. The summed E-state index contributed by atoms with van der Waals surface area (Å²) in [7, 11) is 1.60. The largest absolute Gasteiger partial charge is 0.497 e. The Morgan fingerprint density at radius 2 is 1.89 bits per heavy atom. The van der Waals surface area contributed by atoms with E-state index in [9.17, 15) is 19.5 Å². The number of nitrogens with zero attached hydrogens (tertiary/aromatic N) is 1. The Morgan fingerprint density at radius 3 is 2.47 bits per heavy atom. The molecule has 1 saturated heterocycles. The molecule has 4 atom stereocenters. The van der Waals surface area contributed by atoms with Gasteiger partial charge in [-0.2, -0.15) is 0 Å². The molecule has 1 heterocycles. The van der Waals surface area contributed by atoms with Crippen molar-refractivity contribution in [3.63, 3.8) is 0 Å². The minimum atomic E-state index is -0.688. The van der Waals surface area contributed by atoms with Crippen LogP contribution in [0.25, 0.3) is 0 Å². The van der Waals surface area contributed by atoms with E-state index < -0.39 is 35.5 Å². The quantitative estimate of drug-likeness (QED) is 0.435. The van der Waals surface area contributed by atoms with Gasteiger partial charge in [-0.25, -0.2) is 9.59 Å². The van der Waals surface area contributed by atoms with Crippen LogP contribution in [0.2, 0.25) is 0 Å². The number of aliphatic hydroxyl groups excluding tert-OH is 1. The molecule has 198 valence electrons. The first kappa shape index (κ1) is 27.5. The Morgan fingerprint density at radius 1 is 1.19 bits per heavy atom. The van der Waals surface area contributed by atoms with Gasteiger partial charge in [0, 0.05) is 37.6 Å². The minimum Gasteiger partial charge on any atom is -0.497 e. The summed E-state index contributed by atoms with van der Waals surface area (Å²) in [5.74, 6) is -1.06. The first-order valence-corrected chi connectivity index (χ1v) is 12.5. The summed E-state index contributed by atoms with van der Waals surface area (Å²) in [4.78, 5) is 40.5. The van der Waals surface area contributed by atoms with Crippen LogP contribution in [0.1, 0.15) is 46.1 Å². The van der Waals surface area contributed by atoms with Crippen molar-refractivity contribution in [1.29, 1.82) is 0 Å². The Balaban J connectivity index is 1.85. The summed E-state index contributed by atoms with van der Waals surface area (Å²) in [6.45, 7) is 7.78. The average Bonchev–Trinajstić information content (AvgIpc) is 2.82. The van der Waals surface area contributed by atoms with E-state index in [-0.39, 0.29) is 25.0 Å². The lowest BCUT2D eigenvalue weighted by molar-refractivity contribution is -0.138. The van der Waals surface area contributed by atoms with Crippen molar-refractivity contribution in [3.8, 4) is 5.75 Å². The number of hydrogen-bond acceptors (Lipinski definition) is 7. The third kappa shape index (κ3) is 6.57. The van der Waals surface area contributed by atoms with Crippen LogP contribution in [0, 0.1) is 17.8 Å². The highest BCUT2D eigenvalue weighted by molar-refractivity contribution is 5.85. The number of piperidine rings is 1. The SMILES string of the molecule is CCOC(=O)/C=C1\[C@@H]2[C@H](CO)C[C@H](C(=O)NCc3ccc(OC)cc3)[C@H]1CCN2C(=O)OC(C)(C)C. The van der Waals surface area contributed by atoms with Crippen LogP contribution in [0.3, 0.4) is 0 Å². The molecule has 2 aliphatic rings. The Kier molecular flexibility index (Phi) is 9.00. The molecule has 1 saturated carbocycles. The zero-order chi connectivity index (χ0) is 26.5. The van der Waals surface area contributed by atoms with Gasteiger partial charge >= 0.3 is 12.1 Å². The second-order valence-corrected chi connectivity index (χ2v) is 10.3. The maximum absolute atomic E-state index is 13.4. The van der Waals surface area contributed by atoms with E-state index in [1.165, 1.54) is 6.08 Å². The first-order chi connectivity index (χ1) is 17.1. The van der Waals surface area contributed by atoms with Crippen LogP contribution < -0.4 is 10.1 Å². The molecular weight excluding hydrogens is 464 g/mol. The number of nitrogens with one attached hydrogen (secondary N) is 1. The predicted molar refractivity (Wildman–Crippen MR) is 133 cm³/mol. The predicted octanol–water partition coefficient (Wildman–Crippen LogP) is 3.05. The third-order valence-corrected chi connectivity index (χ3v) is 6.67. The van der Waals surface area contributed by atoms with Crippen LogP contribution in [0.15, 0.2) is 35.9 Å². The molecular formula is C27H38N2O7. The van der Waals surface area contributed by atoms with Gasteiger partial charge in [0.2, 0.25) is 5.91 Å². The maximum Gasteiger partial charge on any atom is 0.410 e. The van der Waals surface area contributed by atoms with E-state index in [4.69, 9.17) is 14.2 Å². The van der Waals surface area contributed by atoms with Crippen molar-refractivity contribution in [2.75, 3.05) is 26.9 Å². The normalized spacial score (nSPS) is 24.7. The van der Waals surface area contributed by atoms with Crippen LogP contribution >= 0.6 is 0 Å². The number of ether oxygens (including phenoxy) is 3. The van der Waals surface area contributed by atoms with Crippen LogP contribution in [-0.2, 0) is 25.6 Å². The van der Waals surface area contributed by atoms with E-state index in [0.717, 1.165) is 11.3 Å². The number of methoxy groups -OCH3 is 1. The number of esters is 1. The number of likely N-dealkylation sites (tertiary alicyclic amines) is 1. The Labute approximate surface area is 212 Å². The zero-order valence-corrected chi connectivity index (χ0v) is 21.8. The second kappa shape index (κ2) is 11.8. The number of fused-ring (bicyclic) bond motifs is 2. The summed E-state index contributed by atoms with van der Waals surface area (Å²) in [5, 5.41) is 13.3. The number of carbonyl (C=O) groups excluding carboxylic acids is 3. The van der Waals surface area contributed by atoms with Gasteiger partial charge in [-0.3, -0.25) is 4.79 Å². The molecule has 2 N–H and O–H groups in total. The third-order valence-electron chi connectivity index (χ3n) is 6.67. The van der Waals surface area contributed by atoms with Crippen molar-refractivity contribution in [1.82, 2.24) is 10.2 Å². The number of rotatable bonds is 7. The lowest BCUT2D eigenvalue weighted by Gasteiger charge is -2.51. The highest BCUT2D eigenvalue weighted by Gasteiger charge is 2.50. The number of carbonyl (C=O) groups is 3. The lowest BCUT2D eigenvalue weighted by atomic mass is 9.64. The van der Waals surface area contributed by atoms with Crippen molar-refractivity contribution in [2.45, 2.75) is 58.7 Å². The maximum atomic E-state index is 13.4. The molecule has 1 aliphatic carbocycles. The fraction of sp³-hybridized carbons (Fsp3) is 0.593. The van der Waals surface area contributed by atoms with Gasteiger partial charge in [-0.15, -0.1) is 0 Å². The topological polar surface area (TPSA) is 114 Å². The van der Waals surface area contributed by atoms with Gasteiger partial charge < -0.3 is 29.5 Å². The van der Waals surface area contributed by atoms with Crippen LogP contribution in [0.4, 0.5) is 4.79 Å². The Bertz CT molecular complexity index is 967. The van der Waals surface area contributed by atoms with Gasteiger partial charge in [-0.05, 0) is 69.7 Å². The molecule has 1 aliphatic heterocycles. The van der Waals surface area contributed by atoms with E-state index in [1.54, 1.807) is 39.7 Å². The summed E-state index contributed by atoms with van der Waals surface area (Å²) in [5.41, 5.74) is 0.880. The number of hydrogen-bond donors (Lipinski definition) is 2. The lowest BCUT2D eigenvalue weighted by Crippen LogP contribution is -2.59. The standard InChI is InChI=1S/C27H38N2O7/c1-6-35-23(31)14-21-20-11-12-29(26(33)36-27(2,3)4)24(21)18(16-30)13-22(20)25(32)28-15-17-7-9-19(34-5)10-8-17/h7-10,14,18,20,22,24,30H,6,11-13,15-16H2,1-5H3,(H,28,32)/b21-14-/t18-,20-,22-,24-/m0/s1. The number of benzene rings is 1. The molecule has 1 aromatic rings. The zero-order valence-electron chi connectivity index (χ0n) is 21.8. The second-order valence-electron chi connectivity index (χ2n) is 10.3. The van der Waals surface area contributed by atoms with Crippen molar-refractivity contribution in [2.24, 2.45) is 17.8 Å². The van der Waals surface area contributed by atoms with E-state index >= 15 is 0 Å². The summed E-state index contributed by atoms with van der Waals surface area (Å²) >= 11 is 0. The highest BCUT2D eigenvalue weighted by atomic mass is 16.6. The van der Waals surface area contributed by atoms with Crippen LogP contribution in [0.5, 0.6) is 5.75 Å². The van der Waals surface area contributed by atoms with Gasteiger partial charge in [0.15, 0.2) is 0 Å².